The van der Waals surface area contributed by atoms with Gasteiger partial charge in [0, 0.05) is 11.1 Å². The number of thiazole rings is 1. The molecular formula is C12H10N4OS. The Labute approximate surface area is 107 Å². The minimum absolute atomic E-state index is 0.425. The van der Waals surface area contributed by atoms with Crippen LogP contribution in [0.25, 0.3) is 23.0 Å². The Morgan fingerprint density at radius 3 is 2.94 bits per heavy atom. The van der Waals surface area contributed by atoms with Crippen LogP contribution in [-0.2, 0) is 0 Å². The van der Waals surface area contributed by atoms with Crippen molar-refractivity contribution >= 4 is 17.0 Å². The fourth-order valence-corrected chi connectivity index (χ4v) is 2.27. The van der Waals surface area contributed by atoms with Crippen LogP contribution in [0, 0.1) is 6.92 Å². The molecule has 0 atom stereocenters. The van der Waals surface area contributed by atoms with Crippen molar-refractivity contribution in [2.75, 3.05) is 5.73 Å². The molecule has 0 unspecified atom stereocenters. The number of rotatable bonds is 2. The van der Waals surface area contributed by atoms with Gasteiger partial charge in [0.05, 0.1) is 11.1 Å². The van der Waals surface area contributed by atoms with E-state index in [1.54, 1.807) is 5.51 Å². The molecule has 0 aliphatic rings. The molecule has 2 N–H and O–H groups in total. The van der Waals surface area contributed by atoms with Crippen LogP contribution in [-0.4, -0.2) is 15.1 Å². The Balaban J connectivity index is 2.09. The zero-order chi connectivity index (χ0) is 12.5. The van der Waals surface area contributed by atoms with Crippen LogP contribution >= 0.6 is 11.3 Å². The van der Waals surface area contributed by atoms with Crippen LogP contribution in [0.15, 0.2) is 33.6 Å². The lowest BCUT2D eigenvalue weighted by molar-refractivity contribution is 0.432. The second kappa shape index (κ2) is 4.23. The zero-order valence-electron chi connectivity index (χ0n) is 9.62. The lowest BCUT2D eigenvalue weighted by Gasteiger charge is -2.03. The SMILES string of the molecule is Cc1cccc(N)c1-c1nc(-c2cscn2)no1. The van der Waals surface area contributed by atoms with Crippen LogP contribution in [0.1, 0.15) is 5.56 Å². The third-order valence-corrected chi connectivity index (χ3v) is 3.19. The Hall–Kier alpha value is -2.21. The van der Waals surface area contributed by atoms with Crippen molar-refractivity contribution in [2.24, 2.45) is 0 Å². The molecule has 3 rings (SSSR count). The van der Waals surface area contributed by atoms with E-state index in [2.05, 4.69) is 15.1 Å². The summed E-state index contributed by atoms with van der Waals surface area (Å²) in [5, 5.41) is 5.79. The normalized spacial score (nSPS) is 10.7. The Kier molecular flexibility index (Phi) is 2.56. The van der Waals surface area contributed by atoms with Gasteiger partial charge in [-0.2, -0.15) is 4.98 Å². The molecule has 0 spiro atoms. The molecule has 90 valence electrons. The summed E-state index contributed by atoms with van der Waals surface area (Å²) in [6, 6.07) is 5.67. The fourth-order valence-electron chi connectivity index (χ4n) is 1.73. The summed E-state index contributed by atoms with van der Waals surface area (Å²) in [5.41, 5.74) is 10.8. The van der Waals surface area contributed by atoms with Crippen LogP contribution in [0.4, 0.5) is 5.69 Å². The number of benzene rings is 1. The average molecular weight is 258 g/mol. The first kappa shape index (κ1) is 10.9. The number of anilines is 1. The van der Waals surface area contributed by atoms with E-state index in [1.807, 2.05) is 30.5 Å². The summed E-state index contributed by atoms with van der Waals surface area (Å²) >= 11 is 1.49. The molecule has 0 saturated carbocycles. The summed E-state index contributed by atoms with van der Waals surface area (Å²) < 4.78 is 5.26. The van der Waals surface area contributed by atoms with Gasteiger partial charge in [0.1, 0.15) is 5.69 Å². The predicted octanol–water partition coefficient (Wildman–Crippen LogP) is 2.75. The van der Waals surface area contributed by atoms with Gasteiger partial charge in [-0.1, -0.05) is 17.3 Å². The average Bonchev–Trinajstić information content (AvgIpc) is 2.99. The topological polar surface area (TPSA) is 77.8 Å². The summed E-state index contributed by atoms with van der Waals surface area (Å²) in [6.07, 6.45) is 0. The zero-order valence-corrected chi connectivity index (χ0v) is 10.4. The van der Waals surface area contributed by atoms with Gasteiger partial charge in [-0.05, 0) is 18.6 Å². The van der Waals surface area contributed by atoms with Gasteiger partial charge in [-0.25, -0.2) is 4.98 Å². The number of nitrogens with two attached hydrogens (primary N) is 1. The van der Waals surface area contributed by atoms with Crippen molar-refractivity contribution in [1.82, 2.24) is 15.1 Å². The van der Waals surface area contributed by atoms with E-state index in [9.17, 15) is 0 Å². The van der Waals surface area contributed by atoms with E-state index < -0.39 is 0 Å². The molecule has 6 heteroatoms. The maximum atomic E-state index is 5.94. The molecule has 0 radical (unpaired) electrons. The van der Waals surface area contributed by atoms with Crippen LogP contribution in [0.3, 0.4) is 0 Å². The van der Waals surface area contributed by atoms with Gasteiger partial charge in [-0.15, -0.1) is 11.3 Å². The molecule has 0 bridgehead atoms. The van der Waals surface area contributed by atoms with Crippen LogP contribution in [0.2, 0.25) is 0 Å². The minimum atomic E-state index is 0.425. The smallest absolute Gasteiger partial charge is 0.260 e. The van der Waals surface area contributed by atoms with Crippen molar-refractivity contribution in [3.8, 4) is 23.0 Å². The Morgan fingerprint density at radius 1 is 1.33 bits per heavy atom. The number of aromatic nitrogens is 3. The van der Waals surface area contributed by atoms with Crippen LogP contribution in [0.5, 0.6) is 0 Å². The predicted molar refractivity (Wildman–Crippen MR) is 70.0 cm³/mol. The molecule has 2 heterocycles. The minimum Gasteiger partial charge on any atom is -0.398 e. The third-order valence-electron chi connectivity index (χ3n) is 2.61. The molecule has 18 heavy (non-hydrogen) atoms. The van der Waals surface area contributed by atoms with E-state index in [0.717, 1.165) is 11.1 Å². The largest absolute Gasteiger partial charge is 0.398 e. The van der Waals surface area contributed by atoms with Crippen molar-refractivity contribution in [3.63, 3.8) is 0 Å². The highest BCUT2D eigenvalue weighted by molar-refractivity contribution is 7.07. The van der Waals surface area contributed by atoms with E-state index in [-0.39, 0.29) is 0 Å². The molecule has 1 aromatic carbocycles. The Bertz CT molecular complexity index is 655. The first-order valence-corrected chi connectivity index (χ1v) is 6.27. The summed E-state index contributed by atoms with van der Waals surface area (Å²) in [7, 11) is 0. The number of nitrogens with zero attached hydrogens (tertiary/aromatic N) is 3. The van der Waals surface area contributed by atoms with Crippen LogP contribution < -0.4 is 5.73 Å². The molecule has 0 aliphatic carbocycles. The van der Waals surface area contributed by atoms with Crippen molar-refractivity contribution in [3.05, 3.63) is 34.7 Å². The van der Waals surface area contributed by atoms with Gasteiger partial charge in [0.2, 0.25) is 5.82 Å². The first-order chi connectivity index (χ1) is 8.75. The highest BCUT2D eigenvalue weighted by atomic mass is 32.1. The Morgan fingerprint density at radius 2 is 2.22 bits per heavy atom. The fraction of sp³-hybridized carbons (Fsp3) is 0.0833. The van der Waals surface area contributed by atoms with E-state index in [4.69, 9.17) is 10.3 Å². The number of hydrogen-bond acceptors (Lipinski definition) is 6. The highest BCUT2D eigenvalue weighted by Gasteiger charge is 2.15. The molecule has 0 aliphatic heterocycles. The van der Waals surface area contributed by atoms with Gasteiger partial charge in [0.15, 0.2) is 0 Å². The van der Waals surface area contributed by atoms with Gasteiger partial charge in [0.25, 0.3) is 5.89 Å². The first-order valence-electron chi connectivity index (χ1n) is 5.33. The van der Waals surface area contributed by atoms with Gasteiger partial charge >= 0.3 is 0 Å². The quantitative estimate of drug-likeness (QED) is 0.715. The second-order valence-electron chi connectivity index (χ2n) is 3.84. The maximum Gasteiger partial charge on any atom is 0.260 e. The molecule has 0 fully saturated rings. The summed E-state index contributed by atoms with van der Waals surface area (Å²) in [5.74, 6) is 0.905. The molecule has 0 amide bonds. The summed E-state index contributed by atoms with van der Waals surface area (Å²) in [4.78, 5) is 8.47. The number of aryl methyl sites for hydroxylation is 1. The van der Waals surface area contributed by atoms with Gasteiger partial charge < -0.3 is 10.3 Å². The monoisotopic (exact) mass is 258 g/mol. The highest BCUT2D eigenvalue weighted by Crippen LogP contribution is 2.29. The number of hydrogen-bond donors (Lipinski definition) is 1. The van der Waals surface area contributed by atoms with E-state index in [1.165, 1.54) is 11.3 Å². The van der Waals surface area contributed by atoms with Gasteiger partial charge in [-0.3, -0.25) is 0 Å². The van der Waals surface area contributed by atoms with E-state index in [0.29, 0.717) is 23.1 Å². The second-order valence-corrected chi connectivity index (χ2v) is 4.55. The van der Waals surface area contributed by atoms with Crippen molar-refractivity contribution in [1.29, 1.82) is 0 Å². The van der Waals surface area contributed by atoms with Crippen molar-refractivity contribution in [2.45, 2.75) is 6.92 Å². The molecule has 5 nitrogen and oxygen atoms in total. The van der Waals surface area contributed by atoms with E-state index >= 15 is 0 Å². The third kappa shape index (κ3) is 1.76. The lowest BCUT2D eigenvalue weighted by atomic mass is 10.1. The molecule has 2 aromatic heterocycles. The molecule has 3 aromatic rings. The molecular weight excluding hydrogens is 248 g/mol. The van der Waals surface area contributed by atoms with Crippen molar-refractivity contribution < 1.29 is 4.52 Å². The maximum absolute atomic E-state index is 5.94. The lowest BCUT2D eigenvalue weighted by Crippen LogP contribution is -1.92. The number of nitrogen functional groups attached to an aromatic ring is 1. The summed E-state index contributed by atoms with van der Waals surface area (Å²) in [6.45, 7) is 1.96. The standard InChI is InChI=1S/C12H10N4OS/c1-7-3-2-4-8(13)10(7)12-15-11(16-17-12)9-5-18-6-14-9/h2-6H,13H2,1H3. The molecule has 0 saturated heterocycles.